The molecule has 3 rings (SSSR count). The highest BCUT2D eigenvalue weighted by atomic mass is 16.1. The summed E-state index contributed by atoms with van der Waals surface area (Å²) in [5, 5.41) is 8.67. The molecule has 2 N–H and O–H groups in total. The van der Waals surface area contributed by atoms with E-state index in [-0.39, 0.29) is 5.91 Å². The van der Waals surface area contributed by atoms with Gasteiger partial charge in [0, 0.05) is 29.9 Å². The molecule has 3 aromatic rings. The van der Waals surface area contributed by atoms with Gasteiger partial charge in [-0.15, -0.1) is 0 Å². The van der Waals surface area contributed by atoms with Crippen molar-refractivity contribution in [3.8, 4) is 0 Å². The Hall–Kier alpha value is -2.56. The van der Waals surface area contributed by atoms with Gasteiger partial charge in [0.15, 0.2) is 0 Å². The Morgan fingerprint density at radius 3 is 2.72 bits per heavy atom. The van der Waals surface area contributed by atoms with E-state index in [2.05, 4.69) is 48.3 Å². The molecular formula is C20H26N4O. The minimum Gasteiger partial charge on any atom is -0.358 e. The Bertz CT molecular complexity index is 919. The van der Waals surface area contributed by atoms with Crippen LogP contribution in [0.5, 0.6) is 0 Å². The van der Waals surface area contributed by atoms with Gasteiger partial charge in [-0.1, -0.05) is 19.1 Å². The van der Waals surface area contributed by atoms with Crippen molar-refractivity contribution in [2.45, 2.75) is 41.2 Å². The number of carbonyl (C=O) groups excluding carboxylic acids is 1. The molecule has 2 aromatic heterocycles. The third-order valence-electron chi connectivity index (χ3n) is 4.79. The van der Waals surface area contributed by atoms with E-state index in [1.165, 1.54) is 5.56 Å². The maximum absolute atomic E-state index is 12.7. The van der Waals surface area contributed by atoms with Crippen LogP contribution in [0.2, 0.25) is 0 Å². The Balaban J connectivity index is 1.68. The van der Waals surface area contributed by atoms with Crippen molar-refractivity contribution in [2.24, 2.45) is 5.92 Å². The molecule has 0 radical (unpaired) electrons. The lowest BCUT2D eigenvalue weighted by molar-refractivity contribution is 0.0948. The molecule has 5 heteroatoms. The summed E-state index contributed by atoms with van der Waals surface area (Å²) in [5.41, 5.74) is 6.10. The van der Waals surface area contributed by atoms with E-state index in [0.29, 0.717) is 18.0 Å². The van der Waals surface area contributed by atoms with E-state index < -0.39 is 0 Å². The molecule has 25 heavy (non-hydrogen) atoms. The van der Waals surface area contributed by atoms with Gasteiger partial charge in [0.25, 0.3) is 5.91 Å². The van der Waals surface area contributed by atoms with Crippen molar-refractivity contribution in [1.82, 2.24) is 20.1 Å². The van der Waals surface area contributed by atoms with Gasteiger partial charge < -0.3 is 10.3 Å². The second-order valence-corrected chi connectivity index (χ2v) is 7.03. The largest absolute Gasteiger partial charge is 0.358 e. The average molecular weight is 338 g/mol. The van der Waals surface area contributed by atoms with Crippen LogP contribution in [0.1, 0.15) is 39.9 Å². The number of hydrogen-bond donors (Lipinski definition) is 2. The van der Waals surface area contributed by atoms with Crippen molar-refractivity contribution in [3.05, 3.63) is 52.5 Å². The van der Waals surface area contributed by atoms with Crippen molar-refractivity contribution in [1.29, 1.82) is 0 Å². The van der Waals surface area contributed by atoms with Crippen LogP contribution in [0.4, 0.5) is 0 Å². The molecule has 1 amide bonds. The summed E-state index contributed by atoms with van der Waals surface area (Å²) in [7, 11) is 0. The minimum absolute atomic E-state index is 0.0351. The van der Waals surface area contributed by atoms with E-state index in [4.69, 9.17) is 0 Å². The SMILES string of the molecule is Cc1cc(C)n(CC(C)CNC(=O)c2cccc3c(C)c(C)[nH]c23)n1. The van der Waals surface area contributed by atoms with Crippen LogP contribution in [0.15, 0.2) is 24.3 Å². The van der Waals surface area contributed by atoms with Crippen LogP contribution < -0.4 is 5.32 Å². The summed E-state index contributed by atoms with van der Waals surface area (Å²) in [6.07, 6.45) is 0. The fraction of sp³-hybridized carbons (Fsp3) is 0.400. The van der Waals surface area contributed by atoms with Gasteiger partial charge in [-0.3, -0.25) is 9.48 Å². The fourth-order valence-electron chi connectivity index (χ4n) is 3.25. The highest BCUT2D eigenvalue weighted by Gasteiger charge is 2.15. The van der Waals surface area contributed by atoms with E-state index in [0.717, 1.165) is 34.5 Å². The molecule has 0 saturated carbocycles. The van der Waals surface area contributed by atoms with E-state index >= 15 is 0 Å². The summed E-state index contributed by atoms with van der Waals surface area (Å²) >= 11 is 0. The minimum atomic E-state index is -0.0351. The smallest absolute Gasteiger partial charge is 0.253 e. The van der Waals surface area contributed by atoms with E-state index in [9.17, 15) is 4.79 Å². The number of hydrogen-bond acceptors (Lipinski definition) is 2. The molecule has 5 nitrogen and oxygen atoms in total. The zero-order valence-corrected chi connectivity index (χ0v) is 15.6. The number of H-pyrrole nitrogens is 1. The van der Waals surface area contributed by atoms with Crippen LogP contribution >= 0.6 is 0 Å². The second-order valence-electron chi connectivity index (χ2n) is 7.03. The normalized spacial score (nSPS) is 12.5. The van der Waals surface area contributed by atoms with Crippen molar-refractivity contribution < 1.29 is 4.79 Å². The molecule has 1 unspecified atom stereocenters. The number of fused-ring (bicyclic) bond motifs is 1. The predicted molar refractivity (Wildman–Crippen MR) is 101 cm³/mol. The maximum atomic E-state index is 12.7. The molecule has 0 fully saturated rings. The Labute approximate surface area is 148 Å². The number of nitrogens with zero attached hydrogens (tertiary/aromatic N) is 2. The number of para-hydroxylation sites is 1. The van der Waals surface area contributed by atoms with Crippen LogP contribution in [0, 0.1) is 33.6 Å². The third-order valence-corrected chi connectivity index (χ3v) is 4.79. The Morgan fingerprint density at radius 2 is 2.04 bits per heavy atom. The lowest BCUT2D eigenvalue weighted by Crippen LogP contribution is -2.30. The Morgan fingerprint density at radius 1 is 1.28 bits per heavy atom. The second kappa shape index (κ2) is 6.75. The number of rotatable bonds is 5. The summed E-state index contributed by atoms with van der Waals surface area (Å²) in [6.45, 7) is 11.7. The first-order chi connectivity index (χ1) is 11.9. The van der Waals surface area contributed by atoms with Gasteiger partial charge in [0.1, 0.15) is 0 Å². The predicted octanol–water partition coefficient (Wildman–Crippen LogP) is 3.66. The molecule has 0 aliphatic carbocycles. The molecule has 132 valence electrons. The molecule has 2 heterocycles. The number of aryl methyl sites for hydroxylation is 4. The standard InChI is InChI=1S/C20H26N4O/c1-12(11-24-14(3)9-13(2)23-24)10-21-20(25)18-8-6-7-17-15(4)16(5)22-19(17)18/h6-9,12,22H,10-11H2,1-5H3,(H,21,25). The number of benzene rings is 1. The fourth-order valence-corrected chi connectivity index (χ4v) is 3.25. The maximum Gasteiger partial charge on any atom is 0.253 e. The first-order valence-electron chi connectivity index (χ1n) is 8.74. The molecule has 0 bridgehead atoms. The van der Waals surface area contributed by atoms with Gasteiger partial charge in [-0.05, 0) is 51.3 Å². The van der Waals surface area contributed by atoms with Crippen LogP contribution in [-0.4, -0.2) is 27.2 Å². The highest BCUT2D eigenvalue weighted by molar-refractivity contribution is 6.06. The molecule has 0 spiro atoms. The van der Waals surface area contributed by atoms with Crippen molar-refractivity contribution in [3.63, 3.8) is 0 Å². The third kappa shape index (κ3) is 3.45. The summed E-state index contributed by atoms with van der Waals surface area (Å²) in [6, 6.07) is 7.94. The lowest BCUT2D eigenvalue weighted by atomic mass is 10.1. The Kier molecular flexibility index (Phi) is 4.66. The number of nitrogens with one attached hydrogen (secondary N) is 2. The van der Waals surface area contributed by atoms with Crippen LogP contribution in [-0.2, 0) is 6.54 Å². The number of aromatic nitrogens is 3. The first kappa shape index (κ1) is 17.3. The van der Waals surface area contributed by atoms with Crippen LogP contribution in [0.25, 0.3) is 10.9 Å². The molecule has 1 aromatic carbocycles. The summed E-state index contributed by atoms with van der Waals surface area (Å²) in [4.78, 5) is 16.0. The summed E-state index contributed by atoms with van der Waals surface area (Å²) in [5.74, 6) is 0.264. The van der Waals surface area contributed by atoms with Crippen LogP contribution in [0.3, 0.4) is 0 Å². The van der Waals surface area contributed by atoms with Gasteiger partial charge in [0.2, 0.25) is 0 Å². The monoisotopic (exact) mass is 338 g/mol. The molecule has 0 aliphatic heterocycles. The highest BCUT2D eigenvalue weighted by Crippen LogP contribution is 2.24. The number of amides is 1. The quantitative estimate of drug-likeness (QED) is 0.746. The summed E-state index contributed by atoms with van der Waals surface area (Å²) < 4.78 is 2.00. The van der Waals surface area contributed by atoms with Crippen molar-refractivity contribution >= 4 is 16.8 Å². The average Bonchev–Trinajstić information content (AvgIpc) is 3.04. The molecular weight excluding hydrogens is 312 g/mol. The van der Waals surface area contributed by atoms with Gasteiger partial charge in [0.05, 0.1) is 16.8 Å². The van der Waals surface area contributed by atoms with E-state index in [1.54, 1.807) is 0 Å². The van der Waals surface area contributed by atoms with Gasteiger partial charge in [-0.2, -0.15) is 5.10 Å². The topological polar surface area (TPSA) is 62.7 Å². The molecule has 0 aliphatic rings. The number of aromatic amines is 1. The van der Waals surface area contributed by atoms with Crippen molar-refractivity contribution in [2.75, 3.05) is 6.54 Å². The van der Waals surface area contributed by atoms with Gasteiger partial charge >= 0.3 is 0 Å². The van der Waals surface area contributed by atoms with Gasteiger partial charge in [-0.25, -0.2) is 0 Å². The number of carbonyl (C=O) groups is 1. The lowest BCUT2D eigenvalue weighted by Gasteiger charge is -2.14. The molecule has 1 atom stereocenters. The first-order valence-corrected chi connectivity index (χ1v) is 8.74. The zero-order chi connectivity index (χ0) is 18.1. The van der Waals surface area contributed by atoms with E-state index in [1.807, 2.05) is 30.7 Å². The molecule has 0 saturated heterocycles. The zero-order valence-electron chi connectivity index (χ0n) is 15.6.